The first-order valence-electron chi connectivity index (χ1n) is 8.57. The zero-order valence-electron chi connectivity index (χ0n) is 15.0. The minimum Gasteiger partial charge on any atom is -0.439 e. The molecule has 0 amide bonds. The van der Waals surface area contributed by atoms with Gasteiger partial charge in [0.1, 0.15) is 5.75 Å². The van der Waals surface area contributed by atoms with Crippen LogP contribution in [0.3, 0.4) is 0 Å². The van der Waals surface area contributed by atoms with Crippen LogP contribution in [0.25, 0.3) is 0 Å². The predicted octanol–water partition coefficient (Wildman–Crippen LogP) is 3.14. The summed E-state index contributed by atoms with van der Waals surface area (Å²) in [6, 6.07) is 11.8. The van der Waals surface area contributed by atoms with Gasteiger partial charge in [-0.05, 0) is 37.6 Å². The molecule has 6 heteroatoms. The molecule has 6 nitrogen and oxygen atoms in total. The largest absolute Gasteiger partial charge is 0.439 e. The van der Waals surface area contributed by atoms with Crippen LogP contribution in [0.4, 0.5) is 0 Å². The third-order valence-corrected chi connectivity index (χ3v) is 4.10. The summed E-state index contributed by atoms with van der Waals surface area (Å²) in [7, 11) is 1.91. The van der Waals surface area contributed by atoms with Gasteiger partial charge in [-0.3, -0.25) is 4.68 Å². The third-order valence-electron chi connectivity index (χ3n) is 4.10. The summed E-state index contributed by atoms with van der Waals surface area (Å²) >= 11 is 0. The number of benzene rings is 1. The van der Waals surface area contributed by atoms with Crippen molar-refractivity contribution in [2.24, 2.45) is 13.0 Å². The Bertz CT molecular complexity index is 780. The summed E-state index contributed by atoms with van der Waals surface area (Å²) in [5.41, 5.74) is 2.08. The molecular formula is C19H25N5O. The highest BCUT2D eigenvalue weighted by Crippen LogP contribution is 2.26. The van der Waals surface area contributed by atoms with Crippen LogP contribution in [-0.4, -0.2) is 26.1 Å². The van der Waals surface area contributed by atoms with Gasteiger partial charge in [0.05, 0.1) is 11.3 Å². The number of rotatable bonds is 8. The van der Waals surface area contributed by atoms with Gasteiger partial charge in [0.15, 0.2) is 0 Å². The molecule has 0 bridgehead atoms. The molecular weight excluding hydrogens is 314 g/mol. The van der Waals surface area contributed by atoms with Crippen LogP contribution in [0.5, 0.6) is 11.6 Å². The molecule has 0 fully saturated rings. The summed E-state index contributed by atoms with van der Waals surface area (Å²) in [6.07, 6.45) is 3.81. The predicted molar refractivity (Wildman–Crippen MR) is 97.6 cm³/mol. The number of hydrogen-bond acceptors (Lipinski definition) is 4. The average molecular weight is 339 g/mol. The number of hydrogen-bond donors (Lipinski definition) is 1. The number of ether oxygens (including phenoxy) is 1. The molecule has 1 aromatic carbocycles. The van der Waals surface area contributed by atoms with Crippen molar-refractivity contribution < 1.29 is 4.74 Å². The molecule has 25 heavy (non-hydrogen) atoms. The lowest BCUT2D eigenvalue weighted by atomic mass is 10.1. The Morgan fingerprint density at radius 2 is 2.00 bits per heavy atom. The Morgan fingerprint density at radius 3 is 2.72 bits per heavy atom. The Kier molecular flexibility index (Phi) is 5.50. The van der Waals surface area contributed by atoms with Crippen LogP contribution < -0.4 is 10.1 Å². The van der Waals surface area contributed by atoms with Crippen LogP contribution in [0.15, 0.2) is 48.8 Å². The fraction of sp³-hybridized carbons (Fsp3) is 0.368. The SMILES string of the molecule is Cc1nn(C)c(Oc2ccccc2)c1CNCC(C)Cn1cccn1. The summed E-state index contributed by atoms with van der Waals surface area (Å²) in [4.78, 5) is 0. The summed E-state index contributed by atoms with van der Waals surface area (Å²) < 4.78 is 9.81. The van der Waals surface area contributed by atoms with E-state index in [2.05, 4.69) is 22.4 Å². The maximum Gasteiger partial charge on any atom is 0.222 e. The van der Waals surface area contributed by atoms with Gasteiger partial charge in [-0.15, -0.1) is 0 Å². The van der Waals surface area contributed by atoms with Crippen molar-refractivity contribution in [1.82, 2.24) is 24.9 Å². The van der Waals surface area contributed by atoms with Crippen LogP contribution >= 0.6 is 0 Å². The van der Waals surface area contributed by atoms with Crippen molar-refractivity contribution in [2.75, 3.05) is 6.54 Å². The number of aromatic nitrogens is 4. The van der Waals surface area contributed by atoms with Crippen molar-refractivity contribution in [3.8, 4) is 11.6 Å². The first kappa shape index (κ1) is 17.2. The van der Waals surface area contributed by atoms with Gasteiger partial charge in [-0.2, -0.15) is 10.2 Å². The molecule has 0 saturated carbocycles. The molecule has 2 heterocycles. The Morgan fingerprint density at radius 1 is 1.20 bits per heavy atom. The Labute approximate surface area is 148 Å². The smallest absolute Gasteiger partial charge is 0.222 e. The van der Waals surface area contributed by atoms with Crippen molar-refractivity contribution >= 4 is 0 Å². The highest BCUT2D eigenvalue weighted by Gasteiger charge is 2.15. The molecule has 0 saturated heterocycles. The van der Waals surface area contributed by atoms with Crippen LogP contribution in [0.2, 0.25) is 0 Å². The van der Waals surface area contributed by atoms with Gasteiger partial charge < -0.3 is 10.1 Å². The average Bonchev–Trinajstić information content (AvgIpc) is 3.19. The van der Waals surface area contributed by atoms with E-state index in [0.29, 0.717) is 5.92 Å². The highest BCUT2D eigenvalue weighted by molar-refractivity contribution is 5.35. The second kappa shape index (κ2) is 7.98. The topological polar surface area (TPSA) is 56.9 Å². The molecule has 0 spiro atoms. The fourth-order valence-corrected chi connectivity index (χ4v) is 2.85. The van der Waals surface area contributed by atoms with E-state index in [9.17, 15) is 0 Å². The Balaban J connectivity index is 1.60. The van der Waals surface area contributed by atoms with Crippen molar-refractivity contribution in [1.29, 1.82) is 0 Å². The van der Waals surface area contributed by atoms with Crippen molar-refractivity contribution in [2.45, 2.75) is 26.9 Å². The van der Waals surface area contributed by atoms with Gasteiger partial charge in [0.2, 0.25) is 5.88 Å². The van der Waals surface area contributed by atoms with E-state index >= 15 is 0 Å². The zero-order valence-corrected chi connectivity index (χ0v) is 15.0. The van der Waals surface area contributed by atoms with Crippen LogP contribution in [-0.2, 0) is 20.1 Å². The number of nitrogens with one attached hydrogen (secondary N) is 1. The van der Waals surface area contributed by atoms with E-state index < -0.39 is 0 Å². The molecule has 0 aliphatic heterocycles. The molecule has 132 valence electrons. The molecule has 3 rings (SSSR count). The quantitative estimate of drug-likeness (QED) is 0.685. The van der Waals surface area contributed by atoms with Crippen LogP contribution in [0.1, 0.15) is 18.2 Å². The van der Waals surface area contributed by atoms with Gasteiger partial charge in [0.25, 0.3) is 0 Å². The first-order valence-corrected chi connectivity index (χ1v) is 8.57. The van der Waals surface area contributed by atoms with E-state index in [1.807, 2.05) is 67.4 Å². The fourth-order valence-electron chi connectivity index (χ4n) is 2.85. The van der Waals surface area contributed by atoms with E-state index in [-0.39, 0.29) is 0 Å². The molecule has 1 unspecified atom stereocenters. The standard InChI is InChI=1S/C19H25N5O/c1-15(14-24-11-7-10-21-24)12-20-13-18-16(2)22-23(3)19(18)25-17-8-5-4-6-9-17/h4-11,15,20H,12-14H2,1-3H3. The van der Waals surface area contributed by atoms with E-state index in [4.69, 9.17) is 4.74 Å². The number of aryl methyl sites for hydroxylation is 2. The normalized spacial score (nSPS) is 12.3. The summed E-state index contributed by atoms with van der Waals surface area (Å²) in [5, 5.41) is 12.3. The molecule has 1 N–H and O–H groups in total. The lowest BCUT2D eigenvalue weighted by Gasteiger charge is -2.14. The minimum atomic E-state index is 0.482. The molecule has 0 aliphatic carbocycles. The molecule has 2 aromatic heterocycles. The van der Waals surface area contributed by atoms with Crippen molar-refractivity contribution in [3.05, 3.63) is 60.0 Å². The summed E-state index contributed by atoms with van der Waals surface area (Å²) in [5.74, 6) is 2.09. The second-order valence-electron chi connectivity index (χ2n) is 6.37. The highest BCUT2D eigenvalue weighted by atomic mass is 16.5. The van der Waals surface area contributed by atoms with Crippen LogP contribution in [0, 0.1) is 12.8 Å². The molecule has 3 aromatic rings. The lowest BCUT2D eigenvalue weighted by molar-refractivity contribution is 0.409. The van der Waals surface area contributed by atoms with Gasteiger partial charge in [0, 0.05) is 32.5 Å². The number of nitrogens with zero attached hydrogens (tertiary/aromatic N) is 4. The van der Waals surface area contributed by atoms with E-state index in [0.717, 1.165) is 42.5 Å². The first-order chi connectivity index (χ1) is 12.1. The van der Waals surface area contributed by atoms with E-state index in [1.54, 1.807) is 4.68 Å². The molecule has 1 atom stereocenters. The molecule has 0 radical (unpaired) electrons. The monoisotopic (exact) mass is 339 g/mol. The lowest BCUT2D eigenvalue weighted by Crippen LogP contribution is -2.24. The zero-order chi connectivity index (χ0) is 17.6. The maximum absolute atomic E-state index is 6.05. The second-order valence-corrected chi connectivity index (χ2v) is 6.37. The van der Waals surface area contributed by atoms with Crippen molar-refractivity contribution in [3.63, 3.8) is 0 Å². The maximum atomic E-state index is 6.05. The third kappa shape index (κ3) is 4.48. The Hall–Kier alpha value is -2.60. The van der Waals surface area contributed by atoms with E-state index in [1.165, 1.54) is 0 Å². The minimum absolute atomic E-state index is 0.482. The van der Waals surface area contributed by atoms with Gasteiger partial charge in [-0.25, -0.2) is 4.68 Å². The van der Waals surface area contributed by atoms with Gasteiger partial charge >= 0.3 is 0 Å². The number of para-hydroxylation sites is 1. The summed E-state index contributed by atoms with van der Waals surface area (Å²) in [6.45, 7) is 6.76. The molecule has 0 aliphatic rings. The van der Waals surface area contributed by atoms with Gasteiger partial charge in [-0.1, -0.05) is 25.1 Å².